The van der Waals surface area contributed by atoms with Crippen LogP contribution in [0.25, 0.3) is 40.1 Å². The van der Waals surface area contributed by atoms with Crippen molar-refractivity contribution in [1.82, 2.24) is 9.97 Å². The molecule has 150 valence electrons. The van der Waals surface area contributed by atoms with E-state index in [-0.39, 0.29) is 5.91 Å². The van der Waals surface area contributed by atoms with Crippen molar-refractivity contribution < 1.29 is 13.6 Å². The standard InChI is InChI=1S/C25H17N3O3/c29-23(14-12-20-11-13-21(30-20)17-6-2-1-3-7-17)27-19-9-4-8-18(16-19)25-28-24-22(31-25)10-5-15-26-24/h1-16H,(H,27,29)/b14-12+. The van der Waals surface area contributed by atoms with E-state index in [1.165, 1.54) is 6.08 Å². The number of fused-ring (bicyclic) bond motifs is 1. The highest BCUT2D eigenvalue weighted by Crippen LogP contribution is 2.25. The first-order chi connectivity index (χ1) is 15.2. The first-order valence-corrected chi connectivity index (χ1v) is 9.71. The van der Waals surface area contributed by atoms with Gasteiger partial charge in [-0.1, -0.05) is 36.4 Å². The van der Waals surface area contributed by atoms with Crippen molar-refractivity contribution in [2.45, 2.75) is 0 Å². The zero-order valence-electron chi connectivity index (χ0n) is 16.4. The zero-order valence-corrected chi connectivity index (χ0v) is 16.4. The Morgan fingerprint density at radius 2 is 1.74 bits per heavy atom. The average molecular weight is 407 g/mol. The molecule has 3 aromatic heterocycles. The van der Waals surface area contributed by atoms with Gasteiger partial charge >= 0.3 is 0 Å². The van der Waals surface area contributed by atoms with Crippen molar-refractivity contribution >= 4 is 28.9 Å². The van der Waals surface area contributed by atoms with Crippen LogP contribution in [0, 0.1) is 0 Å². The Morgan fingerprint density at radius 1 is 0.871 bits per heavy atom. The number of carbonyl (C=O) groups is 1. The SMILES string of the molecule is O=C(/C=C/c1ccc(-c2ccccc2)o1)Nc1cccc(-c2nc3ncccc3o2)c1. The molecule has 0 aliphatic heterocycles. The van der Waals surface area contributed by atoms with Crippen molar-refractivity contribution in [2.75, 3.05) is 5.32 Å². The predicted molar refractivity (Wildman–Crippen MR) is 119 cm³/mol. The molecule has 5 aromatic rings. The fraction of sp³-hybridized carbons (Fsp3) is 0. The van der Waals surface area contributed by atoms with Crippen LogP contribution in [0.5, 0.6) is 0 Å². The van der Waals surface area contributed by atoms with Gasteiger partial charge in [-0.3, -0.25) is 4.79 Å². The highest BCUT2D eigenvalue weighted by molar-refractivity contribution is 6.02. The molecule has 1 amide bonds. The quantitative estimate of drug-likeness (QED) is 0.372. The third-order valence-corrected chi connectivity index (χ3v) is 4.63. The van der Waals surface area contributed by atoms with Crippen LogP contribution >= 0.6 is 0 Å². The van der Waals surface area contributed by atoms with Gasteiger partial charge in [0.25, 0.3) is 0 Å². The monoisotopic (exact) mass is 407 g/mol. The summed E-state index contributed by atoms with van der Waals surface area (Å²) < 4.78 is 11.5. The number of benzene rings is 2. The topological polar surface area (TPSA) is 81.2 Å². The molecule has 0 saturated heterocycles. The fourth-order valence-corrected chi connectivity index (χ4v) is 3.16. The van der Waals surface area contributed by atoms with Crippen LogP contribution in [0.3, 0.4) is 0 Å². The second-order valence-electron chi connectivity index (χ2n) is 6.82. The number of furan rings is 1. The van der Waals surface area contributed by atoms with Crippen LogP contribution in [0.15, 0.2) is 100.0 Å². The lowest BCUT2D eigenvalue weighted by atomic mass is 10.2. The molecule has 0 fully saturated rings. The molecule has 0 atom stereocenters. The molecule has 0 bridgehead atoms. The number of nitrogens with one attached hydrogen (secondary N) is 1. The first kappa shape index (κ1) is 18.6. The van der Waals surface area contributed by atoms with Crippen LogP contribution in [0.4, 0.5) is 5.69 Å². The lowest BCUT2D eigenvalue weighted by molar-refractivity contribution is -0.111. The number of oxazole rings is 1. The van der Waals surface area contributed by atoms with Crippen LogP contribution in [-0.2, 0) is 4.79 Å². The first-order valence-electron chi connectivity index (χ1n) is 9.71. The third-order valence-electron chi connectivity index (χ3n) is 4.63. The van der Waals surface area contributed by atoms with Gasteiger partial charge in [-0.05, 0) is 48.5 Å². The largest absolute Gasteiger partial charge is 0.457 e. The van der Waals surface area contributed by atoms with Crippen molar-refractivity contribution in [2.24, 2.45) is 0 Å². The summed E-state index contributed by atoms with van der Waals surface area (Å²) in [4.78, 5) is 20.9. The maximum absolute atomic E-state index is 12.4. The summed E-state index contributed by atoms with van der Waals surface area (Å²) in [7, 11) is 0. The Labute approximate surface area is 177 Å². The van der Waals surface area contributed by atoms with E-state index in [1.54, 1.807) is 30.5 Å². The van der Waals surface area contributed by atoms with E-state index in [1.807, 2.05) is 60.7 Å². The highest BCUT2D eigenvalue weighted by Gasteiger charge is 2.10. The molecule has 0 aliphatic rings. The number of anilines is 1. The molecule has 5 rings (SSSR count). The van der Waals surface area contributed by atoms with Gasteiger partial charge in [-0.25, -0.2) is 4.98 Å². The number of amides is 1. The third kappa shape index (κ3) is 4.13. The molecule has 0 aliphatic carbocycles. The van der Waals surface area contributed by atoms with E-state index >= 15 is 0 Å². The van der Waals surface area contributed by atoms with Crippen molar-refractivity contribution in [3.8, 4) is 22.8 Å². The minimum absolute atomic E-state index is 0.269. The molecule has 0 unspecified atom stereocenters. The summed E-state index contributed by atoms with van der Waals surface area (Å²) in [6.45, 7) is 0. The van der Waals surface area contributed by atoms with E-state index in [2.05, 4.69) is 15.3 Å². The normalized spacial score (nSPS) is 11.2. The second kappa shape index (κ2) is 8.12. The van der Waals surface area contributed by atoms with Gasteiger partial charge in [0.15, 0.2) is 11.2 Å². The van der Waals surface area contributed by atoms with Gasteiger partial charge in [-0.2, -0.15) is 4.98 Å². The smallest absolute Gasteiger partial charge is 0.248 e. The Kier molecular flexibility index (Phi) is 4.86. The number of hydrogen-bond donors (Lipinski definition) is 1. The van der Waals surface area contributed by atoms with Gasteiger partial charge in [0.05, 0.1) is 0 Å². The van der Waals surface area contributed by atoms with Crippen molar-refractivity contribution in [3.63, 3.8) is 0 Å². The minimum Gasteiger partial charge on any atom is -0.457 e. The van der Waals surface area contributed by atoms with Crippen LogP contribution in [-0.4, -0.2) is 15.9 Å². The lowest BCUT2D eigenvalue weighted by Crippen LogP contribution is -2.07. The average Bonchev–Trinajstić information content (AvgIpc) is 3.46. The fourth-order valence-electron chi connectivity index (χ4n) is 3.16. The Bertz CT molecular complexity index is 1350. The molecule has 0 saturated carbocycles. The van der Waals surface area contributed by atoms with Gasteiger partial charge < -0.3 is 14.2 Å². The van der Waals surface area contributed by atoms with Gasteiger partial charge in [0.2, 0.25) is 11.8 Å². The number of aromatic nitrogens is 2. The van der Waals surface area contributed by atoms with Gasteiger partial charge in [0, 0.05) is 29.1 Å². The molecule has 6 heteroatoms. The maximum atomic E-state index is 12.4. The van der Waals surface area contributed by atoms with E-state index in [0.717, 1.165) is 16.9 Å². The second-order valence-corrected chi connectivity index (χ2v) is 6.82. The number of carbonyl (C=O) groups excluding carboxylic acids is 1. The van der Waals surface area contributed by atoms with Gasteiger partial charge in [0.1, 0.15) is 11.5 Å². The highest BCUT2D eigenvalue weighted by atomic mass is 16.3. The number of rotatable bonds is 5. The lowest BCUT2D eigenvalue weighted by Gasteiger charge is -2.03. The summed E-state index contributed by atoms with van der Waals surface area (Å²) in [6.07, 6.45) is 4.74. The predicted octanol–water partition coefficient (Wildman–Crippen LogP) is 5.80. The molecule has 0 radical (unpaired) electrons. The van der Waals surface area contributed by atoms with Crippen LogP contribution in [0.1, 0.15) is 5.76 Å². The molecule has 31 heavy (non-hydrogen) atoms. The van der Waals surface area contributed by atoms with E-state index in [0.29, 0.717) is 28.6 Å². The summed E-state index contributed by atoms with van der Waals surface area (Å²) in [6, 6.07) is 24.4. The molecule has 0 spiro atoms. The Morgan fingerprint density at radius 3 is 2.61 bits per heavy atom. The van der Waals surface area contributed by atoms with Crippen LogP contribution < -0.4 is 5.32 Å². The zero-order chi connectivity index (χ0) is 21.0. The molecular weight excluding hydrogens is 390 g/mol. The number of pyridine rings is 1. The molecular formula is C25H17N3O3. The summed E-state index contributed by atoms with van der Waals surface area (Å²) in [5.74, 6) is 1.53. The Hall–Kier alpha value is -4.45. The summed E-state index contributed by atoms with van der Waals surface area (Å²) in [5.41, 5.74) is 3.52. The summed E-state index contributed by atoms with van der Waals surface area (Å²) >= 11 is 0. The Balaban J connectivity index is 1.28. The molecule has 3 heterocycles. The van der Waals surface area contributed by atoms with E-state index < -0.39 is 0 Å². The van der Waals surface area contributed by atoms with Crippen molar-refractivity contribution in [3.05, 3.63) is 96.9 Å². The molecule has 2 aromatic carbocycles. The summed E-state index contributed by atoms with van der Waals surface area (Å²) in [5, 5.41) is 2.84. The van der Waals surface area contributed by atoms with E-state index in [4.69, 9.17) is 8.83 Å². The minimum atomic E-state index is -0.269. The molecule has 6 nitrogen and oxygen atoms in total. The van der Waals surface area contributed by atoms with E-state index in [9.17, 15) is 4.79 Å². The van der Waals surface area contributed by atoms with Crippen molar-refractivity contribution in [1.29, 1.82) is 0 Å². The van der Waals surface area contributed by atoms with Crippen LogP contribution in [0.2, 0.25) is 0 Å². The van der Waals surface area contributed by atoms with Gasteiger partial charge in [-0.15, -0.1) is 0 Å². The number of nitrogens with zero attached hydrogens (tertiary/aromatic N) is 2. The maximum Gasteiger partial charge on any atom is 0.248 e. The number of hydrogen-bond acceptors (Lipinski definition) is 5. The molecule has 1 N–H and O–H groups in total.